The predicted octanol–water partition coefficient (Wildman–Crippen LogP) is 3.10. The Hall–Kier alpha value is -2.51. The van der Waals surface area contributed by atoms with Crippen LogP contribution >= 0.6 is 11.3 Å². The fraction of sp³-hybridized carbons (Fsp3) is 0.435. The Kier molecular flexibility index (Phi) is 6.29. The Morgan fingerprint density at radius 1 is 1.17 bits per heavy atom. The number of rotatable bonds is 7. The highest BCUT2D eigenvalue weighted by atomic mass is 32.1. The molecule has 1 N–H and O–H groups in total. The first-order valence-corrected chi connectivity index (χ1v) is 11.3. The third kappa shape index (κ3) is 4.63. The van der Waals surface area contributed by atoms with E-state index in [1.165, 1.54) is 22.4 Å². The fourth-order valence-electron chi connectivity index (χ4n) is 3.98. The van der Waals surface area contributed by atoms with Gasteiger partial charge in [0, 0.05) is 30.9 Å². The van der Waals surface area contributed by atoms with Gasteiger partial charge in [-0.25, -0.2) is 4.98 Å². The number of aryl methyl sites for hydroxylation is 3. The minimum absolute atomic E-state index is 0.0105. The molecule has 0 saturated heterocycles. The van der Waals surface area contributed by atoms with Gasteiger partial charge in [0.15, 0.2) is 0 Å². The van der Waals surface area contributed by atoms with Crippen molar-refractivity contribution in [2.45, 2.75) is 51.7 Å². The van der Waals surface area contributed by atoms with Gasteiger partial charge in [-0.2, -0.15) is 0 Å². The summed E-state index contributed by atoms with van der Waals surface area (Å²) in [4.78, 5) is 34.0. The Morgan fingerprint density at radius 2 is 1.90 bits per heavy atom. The maximum Gasteiger partial charge on any atom is 0.262 e. The third-order valence-electron chi connectivity index (χ3n) is 5.53. The molecule has 2 heterocycles. The Bertz CT molecular complexity index is 1100. The van der Waals surface area contributed by atoms with Crippen LogP contribution in [-0.4, -0.2) is 34.5 Å². The molecule has 0 unspecified atom stereocenters. The van der Waals surface area contributed by atoms with Gasteiger partial charge in [-0.05, 0) is 56.5 Å². The maximum atomic E-state index is 13.0. The fourth-order valence-corrected chi connectivity index (χ4v) is 5.20. The molecule has 3 aromatic rings. The van der Waals surface area contributed by atoms with Gasteiger partial charge in [0.05, 0.1) is 11.7 Å². The lowest BCUT2D eigenvalue weighted by Crippen LogP contribution is -2.27. The van der Waals surface area contributed by atoms with Crippen molar-refractivity contribution in [3.63, 3.8) is 0 Å². The maximum absolute atomic E-state index is 13.0. The average molecular weight is 425 g/mol. The first-order chi connectivity index (χ1) is 14.5. The SMILES string of the molecule is CN(C)Cc1ccc(CNC(=O)CCn2cnc3sc4c(c3c2=O)CCCC4)cc1. The van der Waals surface area contributed by atoms with Crippen LogP contribution in [0.4, 0.5) is 0 Å². The van der Waals surface area contributed by atoms with E-state index in [4.69, 9.17) is 0 Å². The zero-order chi connectivity index (χ0) is 21.1. The molecule has 1 aromatic carbocycles. The van der Waals surface area contributed by atoms with E-state index < -0.39 is 0 Å². The standard InChI is InChI=1S/C23H28N4O2S/c1-26(2)14-17-9-7-16(8-10-17)13-24-20(28)11-12-27-15-25-22-21(23(27)29)18-5-3-4-6-19(18)30-22/h7-10,15H,3-6,11-14H2,1-2H3,(H,24,28). The van der Waals surface area contributed by atoms with Crippen LogP contribution in [0.1, 0.15) is 40.8 Å². The van der Waals surface area contributed by atoms with E-state index in [1.54, 1.807) is 22.2 Å². The minimum atomic E-state index is -0.0632. The number of benzene rings is 1. The normalized spacial score (nSPS) is 13.6. The van der Waals surface area contributed by atoms with Crippen molar-refractivity contribution in [2.75, 3.05) is 14.1 Å². The van der Waals surface area contributed by atoms with Gasteiger partial charge in [-0.15, -0.1) is 11.3 Å². The molecule has 2 aromatic heterocycles. The number of carbonyl (C=O) groups excluding carboxylic acids is 1. The van der Waals surface area contributed by atoms with Gasteiger partial charge in [0.25, 0.3) is 5.56 Å². The largest absolute Gasteiger partial charge is 0.352 e. The highest BCUT2D eigenvalue weighted by Gasteiger charge is 2.20. The molecule has 0 bridgehead atoms. The van der Waals surface area contributed by atoms with Gasteiger partial charge < -0.3 is 10.2 Å². The minimum Gasteiger partial charge on any atom is -0.352 e. The summed E-state index contributed by atoms with van der Waals surface area (Å²) >= 11 is 1.65. The van der Waals surface area contributed by atoms with Gasteiger partial charge in [-0.3, -0.25) is 14.2 Å². The van der Waals surface area contributed by atoms with Crippen molar-refractivity contribution in [3.05, 3.63) is 62.5 Å². The lowest BCUT2D eigenvalue weighted by atomic mass is 9.97. The summed E-state index contributed by atoms with van der Waals surface area (Å²) < 4.78 is 1.58. The quantitative estimate of drug-likeness (QED) is 0.633. The zero-order valence-corrected chi connectivity index (χ0v) is 18.4. The van der Waals surface area contributed by atoms with Crippen molar-refractivity contribution >= 4 is 27.5 Å². The molecule has 0 fully saturated rings. The highest BCUT2D eigenvalue weighted by Crippen LogP contribution is 2.33. The van der Waals surface area contributed by atoms with Crippen molar-refractivity contribution in [3.8, 4) is 0 Å². The summed E-state index contributed by atoms with van der Waals surface area (Å²) in [6.45, 7) is 1.73. The van der Waals surface area contributed by atoms with Crippen molar-refractivity contribution in [1.29, 1.82) is 0 Å². The molecule has 4 rings (SSSR count). The number of nitrogens with one attached hydrogen (secondary N) is 1. The number of aromatic nitrogens is 2. The van der Waals surface area contributed by atoms with Crippen LogP contribution in [-0.2, 0) is 37.3 Å². The molecule has 0 aliphatic heterocycles. The topological polar surface area (TPSA) is 67.2 Å². The number of hydrogen-bond acceptors (Lipinski definition) is 5. The molecule has 0 spiro atoms. The summed E-state index contributed by atoms with van der Waals surface area (Å²) in [5.41, 5.74) is 3.49. The van der Waals surface area contributed by atoms with Gasteiger partial charge >= 0.3 is 0 Å². The average Bonchev–Trinajstić information content (AvgIpc) is 3.12. The monoisotopic (exact) mass is 424 g/mol. The second-order valence-corrected chi connectivity index (χ2v) is 9.30. The van der Waals surface area contributed by atoms with E-state index in [1.807, 2.05) is 26.2 Å². The molecule has 1 amide bonds. The Labute approximate surface area is 180 Å². The molecule has 7 heteroatoms. The van der Waals surface area contributed by atoms with E-state index in [-0.39, 0.29) is 17.9 Å². The Morgan fingerprint density at radius 3 is 2.67 bits per heavy atom. The molecule has 6 nitrogen and oxygen atoms in total. The van der Waals surface area contributed by atoms with Gasteiger partial charge in [-0.1, -0.05) is 24.3 Å². The number of nitrogens with zero attached hydrogens (tertiary/aromatic N) is 3. The van der Waals surface area contributed by atoms with Crippen LogP contribution in [0.25, 0.3) is 10.2 Å². The summed E-state index contributed by atoms with van der Waals surface area (Å²) in [6, 6.07) is 8.26. The molecule has 1 aliphatic rings. The summed E-state index contributed by atoms with van der Waals surface area (Å²) in [7, 11) is 4.08. The van der Waals surface area contributed by atoms with Crippen LogP contribution in [0.15, 0.2) is 35.4 Å². The third-order valence-corrected chi connectivity index (χ3v) is 6.73. The first-order valence-electron chi connectivity index (χ1n) is 10.5. The van der Waals surface area contributed by atoms with Crippen LogP contribution in [0, 0.1) is 0 Å². The summed E-state index contributed by atoms with van der Waals surface area (Å²) in [5.74, 6) is -0.0632. The first kappa shape index (κ1) is 20.8. The van der Waals surface area contributed by atoms with Crippen LogP contribution in [0.5, 0.6) is 0 Å². The smallest absolute Gasteiger partial charge is 0.262 e. The van der Waals surface area contributed by atoms with Gasteiger partial charge in [0.1, 0.15) is 4.83 Å². The van der Waals surface area contributed by atoms with E-state index >= 15 is 0 Å². The number of amides is 1. The molecule has 158 valence electrons. The zero-order valence-electron chi connectivity index (χ0n) is 17.6. The van der Waals surface area contributed by atoms with E-state index in [0.29, 0.717) is 13.1 Å². The molecule has 0 saturated carbocycles. The number of carbonyl (C=O) groups is 1. The molecule has 0 radical (unpaired) electrons. The van der Waals surface area contributed by atoms with Crippen LogP contribution in [0.3, 0.4) is 0 Å². The lowest BCUT2D eigenvalue weighted by Gasteiger charge is -2.11. The second-order valence-electron chi connectivity index (χ2n) is 8.22. The second kappa shape index (κ2) is 9.10. The number of fused-ring (bicyclic) bond motifs is 3. The summed E-state index contributed by atoms with van der Waals surface area (Å²) in [6.07, 6.45) is 6.18. The van der Waals surface area contributed by atoms with Crippen molar-refractivity contribution < 1.29 is 4.79 Å². The molecular weight excluding hydrogens is 396 g/mol. The van der Waals surface area contributed by atoms with Crippen LogP contribution in [0.2, 0.25) is 0 Å². The molecular formula is C23H28N4O2S. The van der Waals surface area contributed by atoms with Crippen molar-refractivity contribution in [2.24, 2.45) is 0 Å². The van der Waals surface area contributed by atoms with E-state index in [0.717, 1.165) is 41.6 Å². The van der Waals surface area contributed by atoms with E-state index in [2.05, 4.69) is 27.3 Å². The number of hydrogen-bond donors (Lipinski definition) is 1. The molecule has 30 heavy (non-hydrogen) atoms. The Balaban J connectivity index is 1.35. The molecule has 1 aliphatic carbocycles. The molecule has 0 atom stereocenters. The highest BCUT2D eigenvalue weighted by molar-refractivity contribution is 7.18. The van der Waals surface area contributed by atoms with Crippen molar-refractivity contribution in [1.82, 2.24) is 19.8 Å². The summed E-state index contributed by atoms with van der Waals surface area (Å²) in [5, 5.41) is 3.72. The van der Waals surface area contributed by atoms with Crippen LogP contribution < -0.4 is 10.9 Å². The number of thiophene rings is 1. The lowest BCUT2D eigenvalue weighted by molar-refractivity contribution is -0.121. The predicted molar refractivity (Wildman–Crippen MR) is 121 cm³/mol. The van der Waals surface area contributed by atoms with E-state index in [9.17, 15) is 9.59 Å². The van der Waals surface area contributed by atoms with Gasteiger partial charge in [0.2, 0.25) is 5.91 Å².